The number of aryl methyl sites for hydroxylation is 2. The van der Waals surface area contributed by atoms with E-state index in [2.05, 4.69) is 28.4 Å². The molecule has 5 heteroatoms. The molecule has 0 aliphatic rings. The highest BCUT2D eigenvalue weighted by molar-refractivity contribution is 5.35. The zero-order valence-electron chi connectivity index (χ0n) is 12.6. The van der Waals surface area contributed by atoms with Crippen LogP contribution in [-0.4, -0.2) is 28.4 Å². The fraction of sp³-hybridized carbons (Fsp3) is 0.467. The Morgan fingerprint density at radius 2 is 2.25 bits per heavy atom. The lowest BCUT2D eigenvalue weighted by atomic mass is 10.1. The van der Waals surface area contributed by atoms with E-state index in [1.807, 2.05) is 30.8 Å². The van der Waals surface area contributed by atoms with E-state index < -0.39 is 0 Å². The average Bonchev–Trinajstić information content (AvgIpc) is 2.79. The van der Waals surface area contributed by atoms with Gasteiger partial charge in [0, 0.05) is 13.2 Å². The minimum atomic E-state index is -0.0164. The van der Waals surface area contributed by atoms with Crippen molar-refractivity contribution in [1.82, 2.24) is 20.1 Å². The van der Waals surface area contributed by atoms with E-state index in [0.29, 0.717) is 0 Å². The first-order valence-electron chi connectivity index (χ1n) is 6.90. The van der Waals surface area contributed by atoms with Crippen molar-refractivity contribution < 1.29 is 4.74 Å². The Morgan fingerprint density at radius 1 is 1.45 bits per heavy atom. The molecule has 1 atom stereocenters. The van der Waals surface area contributed by atoms with Crippen LogP contribution in [0.3, 0.4) is 0 Å². The first kappa shape index (κ1) is 14.5. The van der Waals surface area contributed by atoms with Crippen LogP contribution in [0.25, 0.3) is 0 Å². The van der Waals surface area contributed by atoms with Crippen molar-refractivity contribution in [2.45, 2.75) is 26.3 Å². The number of pyridine rings is 1. The summed E-state index contributed by atoms with van der Waals surface area (Å²) in [4.78, 5) is 4.50. The summed E-state index contributed by atoms with van der Waals surface area (Å²) in [6.45, 7) is 5.05. The van der Waals surface area contributed by atoms with E-state index in [4.69, 9.17) is 4.74 Å². The first-order valence-corrected chi connectivity index (χ1v) is 6.90. The second-order valence-corrected chi connectivity index (χ2v) is 4.81. The molecule has 2 aromatic heterocycles. The third-order valence-electron chi connectivity index (χ3n) is 3.23. The van der Waals surface area contributed by atoms with Crippen LogP contribution in [0.15, 0.2) is 24.4 Å². The summed E-state index contributed by atoms with van der Waals surface area (Å²) >= 11 is 0. The molecule has 20 heavy (non-hydrogen) atoms. The number of ether oxygens (including phenoxy) is 1. The number of hydrogen-bond acceptors (Lipinski definition) is 4. The van der Waals surface area contributed by atoms with Crippen LogP contribution in [0.1, 0.15) is 36.5 Å². The summed E-state index contributed by atoms with van der Waals surface area (Å²) in [6, 6.07) is 5.89. The topological polar surface area (TPSA) is 52.0 Å². The molecule has 2 rings (SSSR count). The molecule has 0 aliphatic carbocycles. The molecule has 108 valence electrons. The standard InChI is InChI=1S/C15H22N4O/c1-5-8-16-14(12-10-11(2)18-19(12)3)15-13(20-4)7-6-9-17-15/h6-7,9-10,14,16H,5,8H2,1-4H3. The van der Waals surface area contributed by atoms with Gasteiger partial charge in [-0.3, -0.25) is 9.67 Å². The highest BCUT2D eigenvalue weighted by Crippen LogP contribution is 2.28. The minimum Gasteiger partial charge on any atom is -0.495 e. The monoisotopic (exact) mass is 274 g/mol. The van der Waals surface area contributed by atoms with Gasteiger partial charge in [-0.2, -0.15) is 5.10 Å². The molecule has 0 saturated carbocycles. The van der Waals surface area contributed by atoms with Gasteiger partial charge in [-0.25, -0.2) is 0 Å². The van der Waals surface area contributed by atoms with Crippen molar-refractivity contribution in [1.29, 1.82) is 0 Å². The number of rotatable bonds is 6. The summed E-state index contributed by atoms with van der Waals surface area (Å²) in [5.41, 5.74) is 2.99. The Kier molecular flexibility index (Phi) is 4.74. The summed E-state index contributed by atoms with van der Waals surface area (Å²) in [6.07, 6.45) is 2.85. The van der Waals surface area contributed by atoms with E-state index in [9.17, 15) is 0 Å². The number of hydrogen-bond donors (Lipinski definition) is 1. The fourth-order valence-electron chi connectivity index (χ4n) is 2.32. The van der Waals surface area contributed by atoms with E-state index >= 15 is 0 Å². The molecule has 2 aromatic rings. The molecule has 1 unspecified atom stereocenters. The highest BCUT2D eigenvalue weighted by atomic mass is 16.5. The number of aromatic nitrogens is 3. The summed E-state index contributed by atoms with van der Waals surface area (Å²) in [5, 5.41) is 7.96. The van der Waals surface area contributed by atoms with Gasteiger partial charge in [0.2, 0.25) is 0 Å². The van der Waals surface area contributed by atoms with E-state index in [1.54, 1.807) is 13.3 Å². The SMILES string of the molecule is CCCNC(c1ncccc1OC)c1cc(C)nn1C. The average molecular weight is 274 g/mol. The number of nitrogens with one attached hydrogen (secondary N) is 1. The predicted molar refractivity (Wildman–Crippen MR) is 78.9 cm³/mol. The molecule has 2 heterocycles. The van der Waals surface area contributed by atoms with E-state index in [1.165, 1.54) is 0 Å². The van der Waals surface area contributed by atoms with Crippen molar-refractivity contribution in [2.24, 2.45) is 7.05 Å². The van der Waals surface area contributed by atoms with Crippen LogP contribution in [0.4, 0.5) is 0 Å². The lowest BCUT2D eigenvalue weighted by Gasteiger charge is -2.20. The molecule has 0 fully saturated rings. The molecule has 1 N–H and O–H groups in total. The first-order chi connectivity index (χ1) is 9.67. The van der Waals surface area contributed by atoms with E-state index in [0.717, 1.165) is 35.8 Å². The zero-order chi connectivity index (χ0) is 14.5. The Bertz CT molecular complexity index is 565. The van der Waals surface area contributed by atoms with Crippen LogP contribution < -0.4 is 10.1 Å². The predicted octanol–water partition coefficient (Wildman–Crippen LogP) is 2.22. The van der Waals surface area contributed by atoms with Gasteiger partial charge in [0.25, 0.3) is 0 Å². The second kappa shape index (κ2) is 6.52. The van der Waals surface area contributed by atoms with Crippen LogP contribution >= 0.6 is 0 Å². The molecular formula is C15H22N4O. The van der Waals surface area contributed by atoms with Gasteiger partial charge in [0.1, 0.15) is 11.4 Å². The molecule has 0 aromatic carbocycles. The Labute approximate surface area is 120 Å². The Balaban J connectivity index is 2.44. The fourth-order valence-corrected chi connectivity index (χ4v) is 2.32. The Morgan fingerprint density at radius 3 is 2.85 bits per heavy atom. The molecule has 0 bridgehead atoms. The van der Waals surface area contributed by atoms with Crippen LogP contribution in [0, 0.1) is 6.92 Å². The van der Waals surface area contributed by atoms with Gasteiger partial charge >= 0.3 is 0 Å². The third-order valence-corrected chi connectivity index (χ3v) is 3.23. The van der Waals surface area contributed by atoms with Crippen molar-refractivity contribution >= 4 is 0 Å². The van der Waals surface area contributed by atoms with Crippen LogP contribution in [0.5, 0.6) is 5.75 Å². The summed E-state index contributed by atoms with van der Waals surface area (Å²) in [5.74, 6) is 0.792. The molecular weight excluding hydrogens is 252 g/mol. The quantitative estimate of drug-likeness (QED) is 0.877. The zero-order valence-corrected chi connectivity index (χ0v) is 12.6. The van der Waals surface area contributed by atoms with Gasteiger partial charge in [0.05, 0.1) is 24.5 Å². The van der Waals surface area contributed by atoms with Crippen molar-refractivity contribution in [3.63, 3.8) is 0 Å². The largest absolute Gasteiger partial charge is 0.495 e. The van der Waals surface area contributed by atoms with Gasteiger partial charge < -0.3 is 10.1 Å². The molecule has 0 aliphatic heterocycles. The highest BCUT2D eigenvalue weighted by Gasteiger charge is 2.22. The van der Waals surface area contributed by atoms with Crippen LogP contribution in [0.2, 0.25) is 0 Å². The Hall–Kier alpha value is -1.88. The maximum absolute atomic E-state index is 5.44. The van der Waals surface area contributed by atoms with Crippen LogP contribution in [-0.2, 0) is 7.05 Å². The molecule has 0 amide bonds. The maximum Gasteiger partial charge on any atom is 0.142 e. The number of nitrogens with zero attached hydrogens (tertiary/aromatic N) is 3. The van der Waals surface area contributed by atoms with Gasteiger partial charge in [-0.05, 0) is 38.1 Å². The van der Waals surface area contributed by atoms with Crippen molar-refractivity contribution in [3.05, 3.63) is 41.5 Å². The van der Waals surface area contributed by atoms with Gasteiger partial charge in [-0.1, -0.05) is 6.92 Å². The number of methoxy groups -OCH3 is 1. The molecule has 5 nitrogen and oxygen atoms in total. The lowest BCUT2D eigenvalue weighted by molar-refractivity contribution is 0.397. The summed E-state index contributed by atoms with van der Waals surface area (Å²) in [7, 11) is 3.63. The minimum absolute atomic E-state index is 0.0164. The lowest BCUT2D eigenvalue weighted by Crippen LogP contribution is -2.26. The smallest absolute Gasteiger partial charge is 0.142 e. The molecule has 0 spiro atoms. The summed E-state index contributed by atoms with van der Waals surface area (Å²) < 4.78 is 7.34. The maximum atomic E-state index is 5.44. The second-order valence-electron chi connectivity index (χ2n) is 4.81. The van der Waals surface area contributed by atoms with Gasteiger partial charge in [0.15, 0.2) is 0 Å². The third kappa shape index (κ3) is 2.99. The van der Waals surface area contributed by atoms with E-state index in [-0.39, 0.29) is 6.04 Å². The molecule has 0 radical (unpaired) electrons. The van der Waals surface area contributed by atoms with Crippen molar-refractivity contribution in [3.8, 4) is 5.75 Å². The van der Waals surface area contributed by atoms with Gasteiger partial charge in [-0.15, -0.1) is 0 Å². The molecule has 0 saturated heterocycles. The normalized spacial score (nSPS) is 12.4. The van der Waals surface area contributed by atoms with Crippen molar-refractivity contribution in [2.75, 3.05) is 13.7 Å².